The first-order valence-electron chi connectivity index (χ1n) is 6.79. The van der Waals surface area contributed by atoms with E-state index in [-0.39, 0.29) is 5.91 Å². The van der Waals surface area contributed by atoms with E-state index in [1.165, 1.54) is 12.8 Å². The molecule has 1 amide bonds. The van der Waals surface area contributed by atoms with Gasteiger partial charge < -0.3 is 15.4 Å². The van der Waals surface area contributed by atoms with Gasteiger partial charge in [-0.1, -0.05) is 0 Å². The maximum Gasteiger partial charge on any atom is 0.269 e. The molecule has 1 aliphatic rings. The van der Waals surface area contributed by atoms with Gasteiger partial charge in [-0.05, 0) is 37.3 Å². The zero-order chi connectivity index (χ0) is 13.5. The van der Waals surface area contributed by atoms with Crippen molar-refractivity contribution in [2.45, 2.75) is 19.3 Å². The van der Waals surface area contributed by atoms with Crippen molar-refractivity contribution in [2.75, 3.05) is 32.1 Å². The molecule has 5 heteroatoms. The number of hydrogen-bond donors (Lipinski definition) is 2. The van der Waals surface area contributed by atoms with Crippen molar-refractivity contribution in [1.29, 1.82) is 0 Å². The number of aromatic nitrogens is 1. The number of amides is 1. The molecule has 2 rings (SSSR count). The number of carbonyl (C=O) groups excluding carboxylic acids is 1. The van der Waals surface area contributed by atoms with Crippen LogP contribution in [0.1, 0.15) is 29.8 Å². The molecule has 1 aliphatic carbocycles. The maximum atomic E-state index is 11.8. The summed E-state index contributed by atoms with van der Waals surface area (Å²) in [5.41, 5.74) is 1.32. The van der Waals surface area contributed by atoms with E-state index in [1.807, 2.05) is 13.1 Å². The summed E-state index contributed by atoms with van der Waals surface area (Å²) in [6.45, 7) is 2.20. The van der Waals surface area contributed by atoms with Crippen LogP contribution in [0.5, 0.6) is 0 Å². The minimum Gasteiger partial charge on any atom is -0.388 e. The van der Waals surface area contributed by atoms with Gasteiger partial charge in [0, 0.05) is 38.7 Å². The highest BCUT2D eigenvalue weighted by atomic mass is 16.5. The first kappa shape index (κ1) is 13.8. The van der Waals surface area contributed by atoms with E-state index in [4.69, 9.17) is 4.74 Å². The topological polar surface area (TPSA) is 63.2 Å². The molecular weight excluding hydrogens is 242 g/mol. The Kier molecular flexibility index (Phi) is 5.15. The predicted octanol–water partition coefficient (Wildman–Crippen LogP) is 1.67. The Morgan fingerprint density at radius 2 is 2.37 bits per heavy atom. The lowest BCUT2D eigenvalue weighted by molar-refractivity contribution is 0.0932. The number of nitrogens with zero attached hydrogens (tertiary/aromatic N) is 1. The average Bonchev–Trinajstić information content (AvgIpc) is 3.26. The zero-order valence-electron chi connectivity index (χ0n) is 11.3. The van der Waals surface area contributed by atoms with Gasteiger partial charge in [0.1, 0.15) is 5.69 Å². The van der Waals surface area contributed by atoms with Crippen molar-refractivity contribution >= 4 is 11.6 Å². The molecule has 2 N–H and O–H groups in total. The third-order valence-electron chi connectivity index (χ3n) is 3.08. The predicted molar refractivity (Wildman–Crippen MR) is 74.3 cm³/mol. The summed E-state index contributed by atoms with van der Waals surface area (Å²) >= 11 is 0. The van der Waals surface area contributed by atoms with Gasteiger partial charge >= 0.3 is 0 Å². The minimum atomic E-state index is -0.140. The lowest BCUT2D eigenvalue weighted by Crippen LogP contribution is -2.26. The van der Waals surface area contributed by atoms with Gasteiger partial charge in [0.25, 0.3) is 5.91 Å². The van der Waals surface area contributed by atoms with Crippen molar-refractivity contribution in [2.24, 2.45) is 5.92 Å². The van der Waals surface area contributed by atoms with Crippen LogP contribution in [0.3, 0.4) is 0 Å². The van der Waals surface area contributed by atoms with Crippen molar-refractivity contribution in [1.82, 2.24) is 10.3 Å². The van der Waals surface area contributed by atoms with Crippen LogP contribution >= 0.6 is 0 Å². The van der Waals surface area contributed by atoms with Crippen LogP contribution < -0.4 is 10.6 Å². The molecule has 1 aromatic rings. The quantitative estimate of drug-likeness (QED) is 0.700. The van der Waals surface area contributed by atoms with Gasteiger partial charge in [0.15, 0.2) is 0 Å². The number of rotatable bonds is 8. The van der Waals surface area contributed by atoms with Crippen molar-refractivity contribution in [3.8, 4) is 0 Å². The molecule has 0 bridgehead atoms. The summed E-state index contributed by atoms with van der Waals surface area (Å²) in [7, 11) is 1.81. The number of ether oxygens (including phenoxy) is 1. The highest BCUT2D eigenvalue weighted by Crippen LogP contribution is 2.28. The van der Waals surface area contributed by atoms with Gasteiger partial charge in [-0.3, -0.25) is 9.78 Å². The molecule has 0 aromatic carbocycles. The summed E-state index contributed by atoms with van der Waals surface area (Å²) in [6.07, 6.45) is 5.08. The standard InChI is InChI=1S/C14H21N3O2/c1-15-12-5-7-16-13(9-12)14(18)17-6-2-8-19-10-11-3-4-11/h5,7,9,11H,2-4,6,8,10H2,1H3,(H,15,16)(H,17,18). The third kappa shape index (κ3) is 4.87. The Bertz CT molecular complexity index is 419. The van der Waals surface area contributed by atoms with E-state index in [0.717, 1.165) is 24.6 Å². The average molecular weight is 263 g/mol. The Hall–Kier alpha value is -1.62. The van der Waals surface area contributed by atoms with Crippen molar-refractivity contribution < 1.29 is 9.53 Å². The van der Waals surface area contributed by atoms with Gasteiger partial charge in [0.05, 0.1) is 0 Å². The Morgan fingerprint density at radius 3 is 3.11 bits per heavy atom. The van der Waals surface area contributed by atoms with Crippen molar-refractivity contribution in [3.63, 3.8) is 0 Å². The van der Waals surface area contributed by atoms with Crippen LogP contribution in [-0.2, 0) is 4.74 Å². The molecule has 1 heterocycles. The summed E-state index contributed by atoms with van der Waals surface area (Å²) in [5, 5.41) is 5.83. The van der Waals surface area contributed by atoms with Gasteiger partial charge in [0.2, 0.25) is 0 Å². The van der Waals surface area contributed by atoms with E-state index >= 15 is 0 Å². The molecule has 0 aliphatic heterocycles. The number of carbonyl (C=O) groups is 1. The van der Waals surface area contributed by atoms with Crippen LogP contribution in [0.2, 0.25) is 0 Å². The molecule has 0 spiro atoms. The number of hydrogen-bond acceptors (Lipinski definition) is 4. The number of pyridine rings is 1. The maximum absolute atomic E-state index is 11.8. The third-order valence-corrected chi connectivity index (χ3v) is 3.08. The van der Waals surface area contributed by atoms with Crippen molar-refractivity contribution in [3.05, 3.63) is 24.0 Å². The second-order valence-electron chi connectivity index (χ2n) is 4.81. The molecule has 5 nitrogen and oxygen atoms in total. The minimum absolute atomic E-state index is 0.140. The normalized spacial score (nSPS) is 14.2. The van der Waals surface area contributed by atoms with E-state index in [2.05, 4.69) is 15.6 Å². The molecule has 0 unspecified atom stereocenters. The summed E-state index contributed by atoms with van der Waals surface area (Å²) in [6, 6.07) is 3.56. The first-order chi connectivity index (χ1) is 9.29. The van der Waals surface area contributed by atoms with Crippen LogP contribution in [-0.4, -0.2) is 37.7 Å². The van der Waals surface area contributed by atoms with Gasteiger partial charge in [-0.15, -0.1) is 0 Å². The fourth-order valence-electron chi connectivity index (χ4n) is 1.71. The van der Waals surface area contributed by atoms with Gasteiger partial charge in [-0.25, -0.2) is 0 Å². The molecule has 104 valence electrons. The summed E-state index contributed by atoms with van der Waals surface area (Å²) in [5.74, 6) is 0.655. The lowest BCUT2D eigenvalue weighted by Gasteiger charge is -2.06. The van der Waals surface area contributed by atoms with Gasteiger partial charge in [-0.2, -0.15) is 0 Å². The fraction of sp³-hybridized carbons (Fsp3) is 0.571. The highest BCUT2D eigenvalue weighted by molar-refractivity contribution is 5.93. The zero-order valence-corrected chi connectivity index (χ0v) is 11.3. The molecule has 19 heavy (non-hydrogen) atoms. The first-order valence-corrected chi connectivity index (χ1v) is 6.79. The van der Waals surface area contributed by atoms with Crippen LogP contribution in [0.15, 0.2) is 18.3 Å². The van der Waals surface area contributed by atoms with E-state index in [0.29, 0.717) is 18.8 Å². The summed E-state index contributed by atoms with van der Waals surface area (Å²) in [4.78, 5) is 15.9. The molecule has 0 saturated heterocycles. The second kappa shape index (κ2) is 7.09. The lowest BCUT2D eigenvalue weighted by atomic mass is 10.3. The van der Waals surface area contributed by atoms with Crippen LogP contribution in [0.4, 0.5) is 5.69 Å². The monoisotopic (exact) mass is 263 g/mol. The Balaban J connectivity index is 1.62. The second-order valence-corrected chi connectivity index (χ2v) is 4.81. The molecule has 1 aromatic heterocycles. The van der Waals surface area contributed by atoms with Crippen LogP contribution in [0, 0.1) is 5.92 Å². The molecule has 1 fully saturated rings. The largest absolute Gasteiger partial charge is 0.388 e. The molecule has 0 atom stereocenters. The van der Waals surface area contributed by atoms with E-state index in [1.54, 1.807) is 12.3 Å². The number of anilines is 1. The highest BCUT2D eigenvalue weighted by Gasteiger charge is 2.20. The molecular formula is C14H21N3O2. The van der Waals surface area contributed by atoms with E-state index in [9.17, 15) is 4.79 Å². The Labute approximate surface area is 113 Å². The van der Waals surface area contributed by atoms with Crippen LogP contribution in [0.25, 0.3) is 0 Å². The van der Waals surface area contributed by atoms with E-state index < -0.39 is 0 Å². The Morgan fingerprint density at radius 1 is 1.53 bits per heavy atom. The molecule has 1 saturated carbocycles. The number of nitrogens with one attached hydrogen (secondary N) is 2. The fourth-order valence-corrected chi connectivity index (χ4v) is 1.71. The SMILES string of the molecule is CNc1ccnc(C(=O)NCCCOCC2CC2)c1. The summed E-state index contributed by atoms with van der Waals surface area (Å²) < 4.78 is 5.50. The molecule has 0 radical (unpaired) electrons. The smallest absolute Gasteiger partial charge is 0.269 e.